The molecule has 0 amide bonds. The van der Waals surface area contributed by atoms with Crippen LogP contribution in [0.2, 0.25) is 0 Å². The van der Waals surface area contributed by atoms with Crippen molar-refractivity contribution in [3.8, 4) is 0 Å². The van der Waals surface area contributed by atoms with E-state index in [0.717, 1.165) is 6.42 Å². The number of rotatable bonds is 2. The summed E-state index contributed by atoms with van der Waals surface area (Å²) in [5.41, 5.74) is 0. The fraction of sp³-hybridized carbons (Fsp3) is 0.571. The van der Waals surface area contributed by atoms with Crippen LogP contribution in [-0.2, 0) is 9.53 Å². The molecule has 0 saturated heterocycles. The number of hydrogen-bond acceptors (Lipinski definition) is 2. The molecule has 0 radical (unpaired) electrons. The van der Waals surface area contributed by atoms with Crippen LogP contribution in [0.3, 0.4) is 0 Å². The Morgan fingerprint density at radius 1 is 1.89 bits per heavy atom. The minimum atomic E-state index is -0.302. The normalized spacial score (nSPS) is 31.2. The van der Waals surface area contributed by atoms with Gasteiger partial charge >= 0.3 is 5.97 Å². The highest BCUT2D eigenvalue weighted by atomic mass is 16.5. The Hall–Kier alpha value is -0.790. The lowest BCUT2D eigenvalue weighted by Gasteiger charge is -1.95. The fourth-order valence-electron chi connectivity index (χ4n) is 0.649. The van der Waals surface area contributed by atoms with Gasteiger partial charge in [-0.2, -0.15) is 0 Å². The minimum absolute atomic E-state index is 0.176. The Balaban J connectivity index is 2.19. The van der Waals surface area contributed by atoms with Gasteiger partial charge in [-0.3, -0.25) is 0 Å². The zero-order valence-corrected chi connectivity index (χ0v) is 5.46. The lowest BCUT2D eigenvalue weighted by molar-refractivity contribution is -0.139. The van der Waals surface area contributed by atoms with Crippen molar-refractivity contribution < 1.29 is 9.53 Å². The van der Waals surface area contributed by atoms with E-state index >= 15 is 0 Å². The van der Waals surface area contributed by atoms with Crippen LogP contribution in [0, 0.1) is 5.92 Å². The highest BCUT2D eigenvalue weighted by molar-refractivity contribution is 5.81. The van der Waals surface area contributed by atoms with Crippen molar-refractivity contribution in [1.29, 1.82) is 0 Å². The Kier molecular flexibility index (Phi) is 1.56. The fourth-order valence-corrected chi connectivity index (χ4v) is 0.649. The molecule has 1 aliphatic carbocycles. The van der Waals surface area contributed by atoms with Gasteiger partial charge in [-0.15, -0.1) is 0 Å². The van der Waals surface area contributed by atoms with E-state index < -0.39 is 0 Å². The predicted octanol–water partition coefficient (Wildman–Crippen LogP) is 1.12. The molecule has 0 spiro atoms. The first-order valence-electron chi connectivity index (χ1n) is 3.07. The van der Waals surface area contributed by atoms with E-state index in [2.05, 4.69) is 13.5 Å². The van der Waals surface area contributed by atoms with E-state index in [1.807, 2.05) is 0 Å². The summed E-state index contributed by atoms with van der Waals surface area (Å²) in [6.45, 7) is 5.35. The smallest absolute Gasteiger partial charge is 0.330 e. The summed E-state index contributed by atoms with van der Waals surface area (Å²) in [6, 6.07) is 0. The molecule has 0 N–H and O–H groups in total. The summed E-state index contributed by atoms with van der Waals surface area (Å²) in [5, 5.41) is 0. The second kappa shape index (κ2) is 2.21. The summed E-state index contributed by atoms with van der Waals surface area (Å²) in [6.07, 6.45) is 2.39. The first-order chi connectivity index (χ1) is 4.24. The average molecular weight is 126 g/mol. The standard InChI is InChI=1S/C7H10O2/c1-3-7(8)9-6-4-5(6)2/h3,5-6H,1,4H2,2H3. The number of carbonyl (C=O) groups is 1. The first kappa shape index (κ1) is 6.33. The van der Waals surface area contributed by atoms with Crippen LogP contribution in [0.5, 0.6) is 0 Å². The maximum absolute atomic E-state index is 10.5. The first-order valence-corrected chi connectivity index (χ1v) is 3.07. The molecule has 2 unspecified atom stereocenters. The van der Waals surface area contributed by atoms with E-state index in [-0.39, 0.29) is 12.1 Å². The quantitative estimate of drug-likeness (QED) is 0.409. The third-order valence-electron chi connectivity index (χ3n) is 1.47. The number of esters is 1. The monoisotopic (exact) mass is 126 g/mol. The van der Waals surface area contributed by atoms with E-state index in [1.165, 1.54) is 6.08 Å². The third kappa shape index (κ3) is 1.56. The molecule has 1 rings (SSSR count). The van der Waals surface area contributed by atoms with E-state index in [9.17, 15) is 4.79 Å². The van der Waals surface area contributed by atoms with E-state index in [4.69, 9.17) is 4.74 Å². The molecular weight excluding hydrogens is 116 g/mol. The topological polar surface area (TPSA) is 26.3 Å². The Morgan fingerprint density at radius 2 is 2.44 bits per heavy atom. The molecule has 2 atom stereocenters. The van der Waals surface area contributed by atoms with Crippen LogP contribution in [0.1, 0.15) is 13.3 Å². The lowest BCUT2D eigenvalue weighted by atomic mass is 10.5. The van der Waals surface area contributed by atoms with Crippen molar-refractivity contribution in [3.63, 3.8) is 0 Å². The summed E-state index contributed by atoms with van der Waals surface area (Å²) < 4.78 is 4.87. The van der Waals surface area contributed by atoms with Crippen molar-refractivity contribution in [1.82, 2.24) is 0 Å². The van der Waals surface area contributed by atoms with E-state index in [1.54, 1.807) is 0 Å². The summed E-state index contributed by atoms with van der Waals surface area (Å²) >= 11 is 0. The van der Waals surface area contributed by atoms with Crippen LogP contribution in [0.4, 0.5) is 0 Å². The van der Waals surface area contributed by atoms with Crippen molar-refractivity contribution >= 4 is 5.97 Å². The number of carbonyl (C=O) groups excluding carboxylic acids is 1. The lowest BCUT2D eigenvalue weighted by Crippen LogP contribution is -2.02. The molecule has 2 heteroatoms. The summed E-state index contributed by atoms with van der Waals surface area (Å²) in [7, 11) is 0. The van der Waals surface area contributed by atoms with Gasteiger partial charge in [0.05, 0.1) is 0 Å². The van der Waals surface area contributed by atoms with Crippen LogP contribution >= 0.6 is 0 Å². The molecule has 2 nitrogen and oxygen atoms in total. The highest BCUT2D eigenvalue weighted by Crippen LogP contribution is 2.32. The number of ether oxygens (including phenoxy) is 1. The number of hydrogen-bond donors (Lipinski definition) is 0. The minimum Gasteiger partial charge on any atom is -0.459 e. The van der Waals surface area contributed by atoms with E-state index in [0.29, 0.717) is 5.92 Å². The molecule has 0 aromatic rings. The second-order valence-electron chi connectivity index (χ2n) is 2.39. The van der Waals surface area contributed by atoms with Gasteiger partial charge in [0.15, 0.2) is 0 Å². The van der Waals surface area contributed by atoms with Gasteiger partial charge in [0, 0.05) is 6.08 Å². The third-order valence-corrected chi connectivity index (χ3v) is 1.47. The van der Waals surface area contributed by atoms with Crippen molar-refractivity contribution in [2.45, 2.75) is 19.4 Å². The molecule has 0 aromatic heterocycles. The van der Waals surface area contributed by atoms with Crippen LogP contribution in [-0.4, -0.2) is 12.1 Å². The van der Waals surface area contributed by atoms with Gasteiger partial charge < -0.3 is 4.74 Å². The Labute approximate surface area is 54.5 Å². The Morgan fingerprint density at radius 3 is 2.78 bits per heavy atom. The molecule has 0 heterocycles. The summed E-state index contributed by atoms with van der Waals surface area (Å²) in [5.74, 6) is 0.262. The van der Waals surface area contributed by atoms with Gasteiger partial charge in [-0.1, -0.05) is 13.5 Å². The molecule has 0 bridgehead atoms. The molecule has 0 aliphatic heterocycles. The zero-order valence-electron chi connectivity index (χ0n) is 5.46. The zero-order chi connectivity index (χ0) is 6.85. The van der Waals surface area contributed by atoms with Gasteiger partial charge in [-0.05, 0) is 12.3 Å². The highest BCUT2D eigenvalue weighted by Gasteiger charge is 2.35. The van der Waals surface area contributed by atoms with Crippen molar-refractivity contribution in [2.75, 3.05) is 0 Å². The molecule has 9 heavy (non-hydrogen) atoms. The predicted molar refractivity (Wildman–Crippen MR) is 33.9 cm³/mol. The van der Waals surface area contributed by atoms with Crippen molar-refractivity contribution in [2.24, 2.45) is 5.92 Å². The maximum Gasteiger partial charge on any atom is 0.330 e. The molecule has 1 aliphatic rings. The van der Waals surface area contributed by atoms with Gasteiger partial charge in [-0.25, -0.2) is 4.79 Å². The molecule has 1 saturated carbocycles. The maximum atomic E-state index is 10.5. The van der Waals surface area contributed by atoms with Gasteiger partial charge in [0.1, 0.15) is 6.10 Å². The van der Waals surface area contributed by atoms with Gasteiger partial charge in [0.2, 0.25) is 0 Å². The largest absolute Gasteiger partial charge is 0.459 e. The van der Waals surface area contributed by atoms with Crippen LogP contribution in [0.25, 0.3) is 0 Å². The summed E-state index contributed by atoms with van der Waals surface area (Å²) in [4.78, 5) is 10.5. The molecule has 1 fully saturated rings. The molecule has 0 aromatic carbocycles. The average Bonchev–Trinajstić information content (AvgIpc) is 2.47. The van der Waals surface area contributed by atoms with Crippen molar-refractivity contribution in [3.05, 3.63) is 12.7 Å². The molecule has 50 valence electrons. The Bertz CT molecular complexity index is 140. The SMILES string of the molecule is C=CC(=O)OC1CC1C. The second-order valence-corrected chi connectivity index (χ2v) is 2.39. The molecular formula is C7H10O2. The van der Waals surface area contributed by atoms with Crippen LogP contribution < -0.4 is 0 Å². The van der Waals surface area contributed by atoms with Crippen LogP contribution in [0.15, 0.2) is 12.7 Å². The van der Waals surface area contributed by atoms with Gasteiger partial charge in [0.25, 0.3) is 0 Å².